The normalized spacial score (nSPS) is 9.54. The van der Waals surface area contributed by atoms with Gasteiger partial charge in [-0.2, -0.15) is 0 Å². The third kappa shape index (κ3) is 1.86. The van der Waals surface area contributed by atoms with Crippen LogP contribution in [0.2, 0.25) is 5.02 Å². The number of aryl methyl sites for hydroxylation is 1. The molecule has 0 aliphatic heterocycles. The largest absolute Gasteiger partial charge is 0.464 e. The quantitative estimate of drug-likeness (QED) is 0.608. The molecule has 0 atom stereocenters. The van der Waals surface area contributed by atoms with Crippen LogP contribution in [0.4, 0.5) is 0 Å². The Balaban J connectivity index is 0.000000396. The summed E-state index contributed by atoms with van der Waals surface area (Å²) in [6.07, 6.45) is 1.65. The average molecular weight is 197 g/mol. The second-order valence-corrected chi connectivity index (χ2v) is 2.91. The Morgan fingerprint density at radius 2 is 1.85 bits per heavy atom. The minimum absolute atomic E-state index is 0.788. The van der Waals surface area contributed by atoms with Crippen LogP contribution < -0.4 is 0 Å². The van der Waals surface area contributed by atoms with E-state index in [1.807, 2.05) is 39.0 Å². The summed E-state index contributed by atoms with van der Waals surface area (Å²) >= 11 is 6.01. The predicted molar refractivity (Wildman–Crippen MR) is 57.3 cm³/mol. The first-order valence-corrected chi connectivity index (χ1v) is 4.79. The summed E-state index contributed by atoms with van der Waals surface area (Å²) in [6, 6.07) is 5.76. The van der Waals surface area contributed by atoms with Crippen molar-refractivity contribution in [2.45, 2.75) is 20.8 Å². The lowest BCUT2D eigenvalue weighted by Gasteiger charge is -1.96. The minimum Gasteiger partial charge on any atom is -0.464 e. The molecule has 0 fully saturated rings. The third-order valence-corrected chi connectivity index (χ3v) is 2.26. The van der Waals surface area contributed by atoms with Gasteiger partial charge in [-0.25, -0.2) is 0 Å². The molecule has 1 aromatic heterocycles. The summed E-state index contributed by atoms with van der Waals surface area (Å²) in [4.78, 5) is 0. The summed E-state index contributed by atoms with van der Waals surface area (Å²) in [7, 11) is 0. The van der Waals surface area contributed by atoms with Gasteiger partial charge in [0.1, 0.15) is 5.58 Å². The Labute approximate surface area is 83.3 Å². The van der Waals surface area contributed by atoms with Gasteiger partial charge >= 0.3 is 0 Å². The summed E-state index contributed by atoms with van der Waals surface area (Å²) < 4.78 is 5.17. The van der Waals surface area contributed by atoms with Crippen LogP contribution in [0.15, 0.2) is 28.9 Å². The van der Waals surface area contributed by atoms with E-state index in [-0.39, 0.29) is 0 Å². The molecule has 0 aliphatic carbocycles. The number of furan rings is 1. The zero-order valence-electron chi connectivity index (χ0n) is 8.10. The zero-order valence-corrected chi connectivity index (χ0v) is 8.85. The molecule has 1 nitrogen and oxygen atoms in total. The van der Waals surface area contributed by atoms with Crippen LogP contribution in [0, 0.1) is 6.92 Å². The van der Waals surface area contributed by atoms with Gasteiger partial charge in [-0.1, -0.05) is 31.5 Å². The van der Waals surface area contributed by atoms with Crippen molar-refractivity contribution in [2.24, 2.45) is 0 Å². The van der Waals surface area contributed by atoms with E-state index in [2.05, 4.69) is 0 Å². The first kappa shape index (κ1) is 10.1. The maximum Gasteiger partial charge on any atom is 0.135 e. The van der Waals surface area contributed by atoms with Crippen LogP contribution in [-0.2, 0) is 0 Å². The van der Waals surface area contributed by atoms with Crippen molar-refractivity contribution in [3.63, 3.8) is 0 Å². The van der Waals surface area contributed by atoms with Gasteiger partial charge in [0.2, 0.25) is 0 Å². The van der Waals surface area contributed by atoms with E-state index >= 15 is 0 Å². The molecule has 1 heterocycles. The van der Waals surface area contributed by atoms with E-state index in [4.69, 9.17) is 16.0 Å². The Morgan fingerprint density at radius 3 is 2.54 bits per heavy atom. The first-order valence-electron chi connectivity index (χ1n) is 4.41. The van der Waals surface area contributed by atoms with Crippen molar-refractivity contribution in [2.75, 3.05) is 0 Å². The molecule has 70 valence electrons. The monoisotopic (exact) mass is 196 g/mol. The number of benzene rings is 1. The van der Waals surface area contributed by atoms with E-state index in [0.29, 0.717) is 0 Å². The van der Waals surface area contributed by atoms with E-state index in [0.717, 1.165) is 21.6 Å². The van der Waals surface area contributed by atoms with Crippen LogP contribution >= 0.6 is 11.6 Å². The average Bonchev–Trinajstić information content (AvgIpc) is 2.63. The van der Waals surface area contributed by atoms with Crippen LogP contribution in [0.25, 0.3) is 11.0 Å². The lowest BCUT2D eigenvalue weighted by molar-refractivity contribution is 0.616. The van der Waals surface area contributed by atoms with Crippen LogP contribution in [0.3, 0.4) is 0 Å². The second kappa shape index (κ2) is 4.33. The van der Waals surface area contributed by atoms with Crippen molar-refractivity contribution < 1.29 is 4.42 Å². The standard InChI is InChI=1S/C9H7ClO.C2H6/c1-6-2-3-8-7(9(6)10)4-5-11-8;1-2/h2-5H,1H3;1-2H3. The molecule has 2 aromatic rings. The molecule has 0 saturated carbocycles. The molecule has 0 bridgehead atoms. The van der Waals surface area contributed by atoms with E-state index in [1.54, 1.807) is 6.26 Å². The van der Waals surface area contributed by atoms with E-state index in [9.17, 15) is 0 Å². The zero-order chi connectivity index (χ0) is 9.84. The molecule has 0 radical (unpaired) electrons. The van der Waals surface area contributed by atoms with Crippen molar-refractivity contribution >= 4 is 22.6 Å². The number of hydrogen-bond donors (Lipinski definition) is 0. The fourth-order valence-corrected chi connectivity index (χ4v) is 1.34. The highest BCUT2D eigenvalue weighted by atomic mass is 35.5. The van der Waals surface area contributed by atoms with Crippen molar-refractivity contribution in [1.82, 2.24) is 0 Å². The maximum atomic E-state index is 6.01. The molecule has 0 N–H and O–H groups in total. The summed E-state index contributed by atoms with van der Waals surface area (Å²) in [5.41, 5.74) is 1.93. The number of halogens is 1. The van der Waals surface area contributed by atoms with Crippen molar-refractivity contribution in [1.29, 1.82) is 0 Å². The molecular weight excluding hydrogens is 184 g/mol. The van der Waals surface area contributed by atoms with Gasteiger partial charge in [-0.15, -0.1) is 0 Å². The van der Waals surface area contributed by atoms with E-state index in [1.165, 1.54) is 0 Å². The summed E-state index contributed by atoms with van der Waals surface area (Å²) in [5.74, 6) is 0. The minimum atomic E-state index is 0.788. The molecule has 0 amide bonds. The lowest BCUT2D eigenvalue weighted by atomic mass is 10.2. The SMILES string of the molecule is CC.Cc1ccc2occc2c1Cl. The smallest absolute Gasteiger partial charge is 0.135 e. The number of hydrogen-bond acceptors (Lipinski definition) is 1. The van der Waals surface area contributed by atoms with Gasteiger partial charge < -0.3 is 4.42 Å². The molecule has 13 heavy (non-hydrogen) atoms. The molecule has 0 spiro atoms. The third-order valence-electron chi connectivity index (χ3n) is 1.76. The topological polar surface area (TPSA) is 13.1 Å². The molecule has 0 unspecified atom stereocenters. The van der Waals surface area contributed by atoms with Gasteiger partial charge in [0, 0.05) is 5.39 Å². The Kier molecular flexibility index (Phi) is 3.38. The van der Waals surface area contributed by atoms with Gasteiger partial charge in [-0.05, 0) is 24.6 Å². The summed E-state index contributed by atoms with van der Waals surface area (Å²) in [6.45, 7) is 5.98. The fourth-order valence-electron chi connectivity index (χ4n) is 1.12. The highest BCUT2D eigenvalue weighted by molar-refractivity contribution is 6.36. The van der Waals surface area contributed by atoms with Crippen molar-refractivity contribution in [3.05, 3.63) is 35.0 Å². The van der Waals surface area contributed by atoms with Crippen LogP contribution in [0.1, 0.15) is 19.4 Å². The maximum absolute atomic E-state index is 6.01. The first-order chi connectivity index (χ1) is 6.29. The molecule has 2 rings (SSSR count). The molecular formula is C11H13ClO. The molecule has 1 aromatic carbocycles. The fraction of sp³-hybridized carbons (Fsp3) is 0.273. The Hall–Kier alpha value is -0.950. The molecule has 2 heteroatoms. The van der Waals surface area contributed by atoms with Gasteiger partial charge in [0.25, 0.3) is 0 Å². The second-order valence-electron chi connectivity index (χ2n) is 2.53. The van der Waals surface area contributed by atoms with Gasteiger partial charge in [0.15, 0.2) is 0 Å². The van der Waals surface area contributed by atoms with Crippen LogP contribution in [-0.4, -0.2) is 0 Å². The highest BCUT2D eigenvalue weighted by Gasteiger charge is 2.02. The highest BCUT2D eigenvalue weighted by Crippen LogP contribution is 2.27. The van der Waals surface area contributed by atoms with Crippen molar-refractivity contribution in [3.8, 4) is 0 Å². The Morgan fingerprint density at radius 1 is 1.15 bits per heavy atom. The van der Waals surface area contributed by atoms with Gasteiger partial charge in [0.05, 0.1) is 11.3 Å². The van der Waals surface area contributed by atoms with E-state index < -0.39 is 0 Å². The van der Waals surface area contributed by atoms with Crippen LogP contribution in [0.5, 0.6) is 0 Å². The number of fused-ring (bicyclic) bond motifs is 1. The molecule has 0 saturated heterocycles. The summed E-state index contributed by atoms with van der Waals surface area (Å²) in [5, 5.41) is 1.78. The lowest BCUT2D eigenvalue weighted by Crippen LogP contribution is -1.73. The predicted octanol–water partition coefficient (Wildman–Crippen LogP) is 4.42. The number of rotatable bonds is 0. The molecule has 0 aliphatic rings. The van der Waals surface area contributed by atoms with Gasteiger partial charge in [-0.3, -0.25) is 0 Å². The Bertz CT molecular complexity index is 390.